The highest BCUT2D eigenvalue weighted by atomic mass is 19.1. The van der Waals surface area contributed by atoms with Crippen molar-refractivity contribution in [2.45, 2.75) is 6.54 Å². The Morgan fingerprint density at radius 2 is 2.14 bits per heavy atom. The van der Waals surface area contributed by atoms with Crippen molar-refractivity contribution >= 4 is 0 Å². The number of hydrogen-bond acceptors (Lipinski definition) is 3. The Labute approximate surface area is 80.4 Å². The molecule has 0 atom stereocenters. The van der Waals surface area contributed by atoms with Gasteiger partial charge in [-0.1, -0.05) is 12.1 Å². The number of benzene rings is 1. The van der Waals surface area contributed by atoms with Crippen molar-refractivity contribution in [3.63, 3.8) is 0 Å². The van der Waals surface area contributed by atoms with Crippen LogP contribution in [0.2, 0.25) is 0 Å². The van der Waals surface area contributed by atoms with E-state index in [1.54, 1.807) is 18.2 Å². The van der Waals surface area contributed by atoms with Gasteiger partial charge in [0.2, 0.25) is 5.89 Å². The monoisotopic (exact) mass is 192 g/mol. The molecule has 0 unspecified atom stereocenters. The number of halogens is 1. The normalized spacial score (nSPS) is 10.4. The van der Waals surface area contributed by atoms with Crippen LogP contribution >= 0.6 is 0 Å². The van der Waals surface area contributed by atoms with E-state index >= 15 is 0 Å². The third-order valence-corrected chi connectivity index (χ3v) is 1.88. The van der Waals surface area contributed by atoms with Crippen LogP contribution < -0.4 is 5.73 Å². The van der Waals surface area contributed by atoms with Gasteiger partial charge in [0.25, 0.3) is 0 Å². The summed E-state index contributed by atoms with van der Waals surface area (Å²) in [5, 5.41) is 0. The molecule has 0 radical (unpaired) electrons. The lowest BCUT2D eigenvalue weighted by molar-refractivity contribution is 0.498. The molecule has 0 bridgehead atoms. The predicted octanol–water partition coefficient (Wildman–Crippen LogP) is 1.94. The van der Waals surface area contributed by atoms with Gasteiger partial charge in [0.1, 0.15) is 17.8 Å². The maximum Gasteiger partial charge on any atom is 0.208 e. The summed E-state index contributed by atoms with van der Waals surface area (Å²) in [6.07, 6.45) is 1.40. The van der Waals surface area contributed by atoms with Crippen LogP contribution in [0, 0.1) is 5.82 Å². The van der Waals surface area contributed by atoms with Crippen LogP contribution in [0.3, 0.4) is 0 Å². The highest BCUT2D eigenvalue weighted by molar-refractivity contribution is 5.58. The molecule has 4 heteroatoms. The van der Waals surface area contributed by atoms with Crippen LogP contribution in [0.5, 0.6) is 0 Å². The topological polar surface area (TPSA) is 52.0 Å². The molecule has 1 aromatic heterocycles. The van der Waals surface area contributed by atoms with Crippen molar-refractivity contribution in [3.8, 4) is 11.3 Å². The zero-order chi connectivity index (χ0) is 9.97. The van der Waals surface area contributed by atoms with E-state index in [0.717, 1.165) is 0 Å². The largest absolute Gasteiger partial charge is 0.447 e. The van der Waals surface area contributed by atoms with Crippen LogP contribution in [0.25, 0.3) is 11.3 Å². The zero-order valence-corrected chi connectivity index (χ0v) is 7.40. The summed E-state index contributed by atoms with van der Waals surface area (Å²) < 4.78 is 18.3. The number of rotatable bonds is 2. The molecule has 2 N–H and O–H groups in total. The lowest BCUT2D eigenvalue weighted by atomic mass is 10.1. The van der Waals surface area contributed by atoms with Gasteiger partial charge in [0, 0.05) is 5.56 Å². The lowest BCUT2D eigenvalue weighted by Crippen LogP contribution is -1.95. The van der Waals surface area contributed by atoms with Crippen molar-refractivity contribution in [2.24, 2.45) is 5.73 Å². The molecule has 0 aliphatic carbocycles. The number of nitrogens with two attached hydrogens (primary N) is 1. The van der Waals surface area contributed by atoms with E-state index in [9.17, 15) is 4.39 Å². The minimum atomic E-state index is -0.315. The van der Waals surface area contributed by atoms with Gasteiger partial charge >= 0.3 is 0 Å². The third-order valence-electron chi connectivity index (χ3n) is 1.88. The molecule has 14 heavy (non-hydrogen) atoms. The SMILES string of the molecule is NCc1nc(-c2ccccc2F)co1. The maximum atomic E-state index is 13.3. The quantitative estimate of drug-likeness (QED) is 0.791. The van der Waals surface area contributed by atoms with Gasteiger partial charge < -0.3 is 10.2 Å². The van der Waals surface area contributed by atoms with Crippen LogP contribution in [0.15, 0.2) is 34.9 Å². The second kappa shape index (κ2) is 3.59. The lowest BCUT2D eigenvalue weighted by Gasteiger charge is -1.95. The van der Waals surface area contributed by atoms with Crippen molar-refractivity contribution in [2.75, 3.05) is 0 Å². The van der Waals surface area contributed by atoms with Crippen LogP contribution in [-0.2, 0) is 6.54 Å². The molecule has 0 spiro atoms. The predicted molar refractivity (Wildman–Crippen MR) is 49.8 cm³/mol. The van der Waals surface area contributed by atoms with Gasteiger partial charge in [0.05, 0.1) is 6.54 Å². The molecule has 1 aromatic carbocycles. The molecule has 0 saturated carbocycles. The standard InChI is InChI=1S/C10H9FN2O/c11-8-4-2-1-3-7(8)9-6-14-10(5-12)13-9/h1-4,6H,5,12H2. The fourth-order valence-electron chi connectivity index (χ4n) is 1.20. The number of hydrogen-bond donors (Lipinski definition) is 1. The number of aromatic nitrogens is 1. The maximum absolute atomic E-state index is 13.3. The van der Waals surface area contributed by atoms with Gasteiger partial charge in [-0.2, -0.15) is 0 Å². The summed E-state index contributed by atoms with van der Waals surface area (Å²) in [5.74, 6) is 0.0904. The molecule has 0 fully saturated rings. The molecule has 0 saturated heterocycles. The second-order valence-corrected chi connectivity index (χ2v) is 2.81. The fraction of sp³-hybridized carbons (Fsp3) is 0.100. The Balaban J connectivity index is 2.44. The molecule has 0 aliphatic heterocycles. The number of oxazole rings is 1. The number of nitrogens with zero attached hydrogens (tertiary/aromatic N) is 1. The van der Waals surface area contributed by atoms with Crippen molar-refractivity contribution in [1.29, 1.82) is 0 Å². The smallest absolute Gasteiger partial charge is 0.208 e. The molecule has 2 rings (SSSR count). The van der Waals surface area contributed by atoms with E-state index in [2.05, 4.69) is 4.98 Å². The van der Waals surface area contributed by atoms with E-state index in [-0.39, 0.29) is 12.4 Å². The summed E-state index contributed by atoms with van der Waals surface area (Å²) in [7, 11) is 0. The average molecular weight is 192 g/mol. The fourth-order valence-corrected chi connectivity index (χ4v) is 1.20. The molecular formula is C10H9FN2O. The molecular weight excluding hydrogens is 183 g/mol. The Morgan fingerprint density at radius 3 is 2.79 bits per heavy atom. The summed E-state index contributed by atoms with van der Waals surface area (Å²) in [4.78, 5) is 4.03. The van der Waals surface area contributed by atoms with Crippen molar-refractivity contribution in [3.05, 3.63) is 42.2 Å². The first-order valence-corrected chi connectivity index (χ1v) is 4.20. The molecule has 0 aliphatic rings. The van der Waals surface area contributed by atoms with Crippen LogP contribution in [0.1, 0.15) is 5.89 Å². The molecule has 2 aromatic rings. The van der Waals surface area contributed by atoms with Gasteiger partial charge in [-0.05, 0) is 12.1 Å². The van der Waals surface area contributed by atoms with Gasteiger partial charge in [-0.25, -0.2) is 9.37 Å². The summed E-state index contributed by atoms with van der Waals surface area (Å²) >= 11 is 0. The minimum Gasteiger partial charge on any atom is -0.447 e. The zero-order valence-electron chi connectivity index (χ0n) is 7.40. The summed E-state index contributed by atoms with van der Waals surface area (Å²) in [6, 6.07) is 6.40. The van der Waals surface area contributed by atoms with Gasteiger partial charge in [-0.3, -0.25) is 0 Å². The van der Waals surface area contributed by atoms with E-state index in [0.29, 0.717) is 17.1 Å². The molecule has 72 valence electrons. The highest BCUT2D eigenvalue weighted by Gasteiger charge is 2.08. The van der Waals surface area contributed by atoms with E-state index < -0.39 is 0 Å². The Bertz CT molecular complexity index is 439. The van der Waals surface area contributed by atoms with Crippen molar-refractivity contribution < 1.29 is 8.81 Å². The summed E-state index contributed by atoms with van der Waals surface area (Å²) in [5.41, 5.74) is 6.23. The Morgan fingerprint density at radius 1 is 1.36 bits per heavy atom. The average Bonchev–Trinajstić information content (AvgIpc) is 2.67. The Hall–Kier alpha value is -1.68. The molecule has 0 amide bonds. The van der Waals surface area contributed by atoms with E-state index in [4.69, 9.17) is 10.2 Å². The van der Waals surface area contributed by atoms with Gasteiger partial charge in [-0.15, -0.1) is 0 Å². The van der Waals surface area contributed by atoms with Crippen molar-refractivity contribution in [1.82, 2.24) is 4.98 Å². The van der Waals surface area contributed by atoms with Crippen LogP contribution in [-0.4, -0.2) is 4.98 Å². The molecule has 3 nitrogen and oxygen atoms in total. The van der Waals surface area contributed by atoms with Gasteiger partial charge in [0.15, 0.2) is 0 Å². The second-order valence-electron chi connectivity index (χ2n) is 2.81. The van der Waals surface area contributed by atoms with E-state index in [1.807, 2.05) is 0 Å². The third kappa shape index (κ3) is 1.52. The first-order valence-electron chi connectivity index (χ1n) is 4.20. The first kappa shape index (κ1) is 8.90. The summed E-state index contributed by atoms with van der Waals surface area (Å²) in [6.45, 7) is 0.217. The molecule has 1 heterocycles. The minimum absolute atomic E-state index is 0.217. The highest BCUT2D eigenvalue weighted by Crippen LogP contribution is 2.21. The Kier molecular flexibility index (Phi) is 2.28. The first-order chi connectivity index (χ1) is 6.81. The van der Waals surface area contributed by atoms with Crippen LogP contribution in [0.4, 0.5) is 4.39 Å². The van der Waals surface area contributed by atoms with E-state index in [1.165, 1.54) is 12.3 Å².